The van der Waals surface area contributed by atoms with Gasteiger partial charge < -0.3 is 0 Å². The largest absolute Gasteiger partial charge is 0.295 e. The van der Waals surface area contributed by atoms with Gasteiger partial charge in [0.1, 0.15) is 5.82 Å². The molecule has 1 saturated heterocycles. The fourth-order valence-electron chi connectivity index (χ4n) is 3.46. The van der Waals surface area contributed by atoms with Gasteiger partial charge in [-0.1, -0.05) is 18.9 Å². The molecule has 7 heteroatoms. The van der Waals surface area contributed by atoms with Gasteiger partial charge in [0.25, 0.3) is 0 Å². The minimum atomic E-state index is -3.76. The minimum Gasteiger partial charge on any atom is -0.295 e. The molecule has 0 saturated carbocycles. The van der Waals surface area contributed by atoms with Crippen molar-refractivity contribution in [3.8, 4) is 0 Å². The van der Waals surface area contributed by atoms with Crippen LogP contribution in [0.3, 0.4) is 0 Å². The number of aryl methyl sites for hydroxylation is 1. The number of halogens is 1. The highest BCUT2D eigenvalue weighted by atomic mass is 32.2. The second kappa shape index (κ2) is 8.61. The van der Waals surface area contributed by atoms with Gasteiger partial charge in [-0.25, -0.2) is 17.5 Å². The monoisotopic (exact) mass is 396 g/mol. The van der Waals surface area contributed by atoms with E-state index in [9.17, 15) is 12.8 Å². The highest BCUT2D eigenvalue weighted by Crippen LogP contribution is 2.26. The summed E-state index contributed by atoms with van der Waals surface area (Å²) >= 11 is 1.62. The van der Waals surface area contributed by atoms with Crippen molar-refractivity contribution >= 4 is 21.4 Å². The van der Waals surface area contributed by atoms with E-state index >= 15 is 0 Å². The molecule has 142 valence electrons. The fraction of sp³-hybridized carbons (Fsp3) is 0.474. The lowest BCUT2D eigenvalue weighted by Crippen LogP contribution is -2.38. The van der Waals surface area contributed by atoms with Gasteiger partial charge in [0, 0.05) is 12.6 Å². The molecule has 1 unspecified atom stereocenters. The Bertz CT molecular complexity index is 814. The molecular formula is C19H25FN2O2S2. The third-order valence-corrected chi connectivity index (χ3v) is 7.18. The van der Waals surface area contributed by atoms with Gasteiger partial charge in [-0.05, 0) is 72.9 Å². The maximum Gasteiger partial charge on any atom is 0.240 e. The quantitative estimate of drug-likeness (QED) is 0.800. The first kappa shape index (κ1) is 19.5. The van der Waals surface area contributed by atoms with Crippen molar-refractivity contribution in [2.24, 2.45) is 0 Å². The zero-order chi connectivity index (χ0) is 18.6. The van der Waals surface area contributed by atoms with Crippen LogP contribution < -0.4 is 4.72 Å². The number of nitrogens with zero attached hydrogens (tertiary/aromatic N) is 1. The molecule has 4 nitrogen and oxygen atoms in total. The molecule has 1 aromatic carbocycles. The van der Waals surface area contributed by atoms with E-state index in [4.69, 9.17) is 0 Å². The highest BCUT2D eigenvalue weighted by molar-refractivity contribution is 7.89. The molecule has 2 aromatic rings. The van der Waals surface area contributed by atoms with Crippen LogP contribution in [0.5, 0.6) is 0 Å². The molecule has 1 aliphatic rings. The zero-order valence-electron chi connectivity index (χ0n) is 14.9. The predicted molar refractivity (Wildman–Crippen MR) is 103 cm³/mol. The smallest absolute Gasteiger partial charge is 0.240 e. The van der Waals surface area contributed by atoms with Crippen molar-refractivity contribution in [2.45, 2.75) is 43.5 Å². The van der Waals surface area contributed by atoms with Crippen LogP contribution in [0.4, 0.5) is 4.39 Å². The molecule has 1 fully saturated rings. The third-order valence-electron chi connectivity index (χ3n) is 4.92. The number of sulfonamides is 1. The van der Waals surface area contributed by atoms with Gasteiger partial charge >= 0.3 is 0 Å². The molecular weight excluding hydrogens is 371 g/mol. The Balaban J connectivity index is 1.79. The Labute approximate surface area is 159 Å². The Morgan fingerprint density at radius 2 is 1.92 bits per heavy atom. The molecule has 0 amide bonds. The van der Waals surface area contributed by atoms with E-state index in [1.807, 2.05) is 5.38 Å². The summed E-state index contributed by atoms with van der Waals surface area (Å²) in [5, 5.41) is 4.10. The Kier molecular flexibility index (Phi) is 6.45. The maximum atomic E-state index is 13.5. The maximum absolute atomic E-state index is 13.5. The lowest BCUT2D eigenvalue weighted by atomic mass is 10.1. The summed E-state index contributed by atoms with van der Waals surface area (Å²) in [7, 11) is -3.76. The molecule has 0 bridgehead atoms. The first-order valence-corrected chi connectivity index (χ1v) is 11.4. The lowest BCUT2D eigenvalue weighted by molar-refractivity contribution is 0.206. The van der Waals surface area contributed by atoms with Crippen molar-refractivity contribution in [1.29, 1.82) is 0 Å². The number of rotatable bonds is 6. The first-order chi connectivity index (χ1) is 12.5. The molecule has 1 aromatic heterocycles. The van der Waals surface area contributed by atoms with Crippen molar-refractivity contribution in [2.75, 3.05) is 19.6 Å². The number of nitrogens with one attached hydrogen (secondary N) is 1. The molecule has 0 spiro atoms. The second-order valence-corrected chi connectivity index (χ2v) is 9.30. The number of thiophene rings is 1. The number of hydrogen-bond acceptors (Lipinski definition) is 4. The molecule has 1 aliphatic heterocycles. The van der Waals surface area contributed by atoms with Crippen LogP contribution in [-0.4, -0.2) is 33.0 Å². The standard InChI is InChI=1S/C19H25FN2O2S2/c1-15-6-7-17(20)12-19(15)26(23,24)21-13-18(16-8-11-25-14-16)22-9-4-2-3-5-10-22/h6-8,11-12,14,18,21H,2-5,9-10,13H2,1H3. The van der Waals surface area contributed by atoms with Gasteiger partial charge in [0.2, 0.25) is 10.0 Å². The normalized spacial score (nSPS) is 17.8. The topological polar surface area (TPSA) is 49.4 Å². The highest BCUT2D eigenvalue weighted by Gasteiger charge is 2.25. The van der Waals surface area contributed by atoms with Crippen LogP contribution in [0.1, 0.15) is 42.9 Å². The van der Waals surface area contributed by atoms with Crippen molar-refractivity contribution in [1.82, 2.24) is 9.62 Å². The van der Waals surface area contributed by atoms with Crippen molar-refractivity contribution in [3.05, 3.63) is 52.0 Å². The van der Waals surface area contributed by atoms with Gasteiger partial charge in [-0.3, -0.25) is 4.90 Å². The van der Waals surface area contributed by atoms with E-state index in [1.54, 1.807) is 18.3 Å². The molecule has 3 rings (SSSR count). The molecule has 1 atom stereocenters. The van der Waals surface area contributed by atoms with E-state index < -0.39 is 15.8 Å². The SMILES string of the molecule is Cc1ccc(F)cc1S(=O)(=O)NCC(c1ccsc1)N1CCCCCC1. The van der Waals surface area contributed by atoms with E-state index in [2.05, 4.69) is 21.1 Å². The zero-order valence-corrected chi connectivity index (χ0v) is 16.6. The lowest BCUT2D eigenvalue weighted by Gasteiger charge is -2.30. The summed E-state index contributed by atoms with van der Waals surface area (Å²) in [6.45, 7) is 3.91. The Hall–Kier alpha value is -1.28. The summed E-state index contributed by atoms with van der Waals surface area (Å²) in [5.74, 6) is -0.544. The Morgan fingerprint density at radius 1 is 1.19 bits per heavy atom. The average Bonchev–Trinajstić information content (AvgIpc) is 3.00. The van der Waals surface area contributed by atoms with E-state index in [0.29, 0.717) is 5.56 Å². The van der Waals surface area contributed by atoms with E-state index in [1.165, 1.54) is 25.0 Å². The van der Waals surface area contributed by atoms with Crippen molar-refractivity contribution < 1.29 is 12.8 Å². The summed E-state index contributed by atoms with van der Waals surface area (Å²) in [5.41, 5.74) is 1.68. The molecule has 0 aliphatic carbocycles. The van der Waals surface area contributed by atoms with Crippen LogP contribution in [-0.2, 0) is 10.0 Å². The number of likely N-dealkylation sites (tertiary alicyclic amines) is 1. The van der Waals surface area contributed by atoms with Crippen LogP contribution in [0.2, 0.25) is 0 Å². The van der Waals surface area contributed by atoms with Gasteiger partial charge in [-0.2, -0.15) is 11.3 Å². The molecule has 26 heavy (non-hydrogen) atoms. The predicted octanol–water partition coefficient (Wildman–Crippen LogP) is 4.09. The first-order valence-electron chi connectivity index (χ1n) is 8.99. The molecule has 0 radical (unpaired) electrons. The van der Waals surface area contributed by atoms with Crippen LogP contribution in [0.25, 0.3) is 0 Å². The van der Waals surface area contributed by atoms with Gasteiger partial charge in [0.15, 0.2) is 0 Å². The Morgan fingerprint density at radius 3 is 2.58 bits per heavy atom. The van der Waals surface area contributed by atoms with Gasteiger partial charge in [0.05, 0.1) is 4.90 Å². The minimum absolute atomic E-state index is 0.00277. The van der Waals surface area contributed by atoms with E-state index in [-0.39, 0.29) is 17.5 Å². The molecule has 1 N–H and O–H groups in total. The summed E-state index contributed by atoms with van der Waals surface area (Å²) in [6.07, 6.45) is 4.72. The van der Waals surface area contributed by atoms with Crippen molar-refractivity contribution in [3.63, 3.8) is 0 Å². The fourth-order valence-corrected chi connectivity index (χ4v) is 5.46. The van der Waals surface area contributed by atoms with Crippen LogP contribution >= 0.6 is 11.3 Å². The third kappa shape index (κ3) is 4.71. The summed E-state index contributed by atoms with van der Waals surface area (Å²) < 4.78 is 41.7. The van der Waals surface area contributed by atoms with Crippen LogP contribution in [0.15, 0.2) is 39.9 Å². The van der Waals surface area contributed by atoms with Gasteiger partial charge in [-0.15, -0.1) is 0 Å². The number of benzene rings is 1. The summed E-state index contributed by atoms with van der Waals surface area (Å²) in [4.78, 5) is 2.38. The summed E-state index contributed by atoms with van der Waals surface area (Å²) in [6, 6.07) is 5.92. The molecule has 2 heterocycles. The second-order valence-electron chi connectivity index (χ2n) is 6.78. The average molecular weight is 397 g/mol. The number of hydrogen-bond donors (Lipinski definition) is 1. The van der Waals surface area contributed by atoms with E-state index in [0.717, 1.165) is 37.6 Å². The van der Waals surface area contributed by atoms with Crippen LogP contribution in [0, 0.1) is 12.7 Å².